The summed E-state index contributed by atoms with van der Waals surface area (Å²) in [6.07, 6.45) is 8.36. The highest BCUT2D eigenvalue weighted by atomic mass is 16.2. The second kappa shape index (κ2) is 12.0. The number of aryl methyl sites for hydroxylation is 1. The molecular weight excluding hydrogens is 460 g/mol. The predicted molar refractivity (Wildman–Crippen MR) is 151 cm³/mol. The van der Waals surface area contributed by atoms with Crippen LogP contribution in [0.3, 0.4) is 0 Å². The van der Waals surface area contributed by atoms with Gasteiger partial charge < -0.3 is 20.1 Å². The molecule has 0 atom stereocenters. The third-order valence-electron chi connectivity index (χ3n) is 8.27. The Morgan fingerprint density at radius 2 is 1.70 bits per heavy atom. The molecule has 3 aromatic rings. The molecule has 2 N–H and O–H groups in total. The summed E-state index contributed by atoms with van der Waals surface area (Å²) < 4.78 is 0. The summed E-state index contributed by atoms with van der Waals surface area (Å²) in [6.45, 7) is 2.76. The molecule has 1 heterocycles. The Morgan fingerprint density at radius 3 is 2.41 bits per heavy atom. The normalized spacial score (nSPS) is 19.8. The van der Waals surface area contributed by atoms with Crippen molar-refractivity contribution in [3.05, 3.63) is 71.4 Å². The average molecular weight is 503 g/mol. The molecule has 37 heavy (non-hydrogen) atoms. The summed E-state index contributed by atoms with van der Waals surface area (Å²) in [5.41, 5.74) is 5.10. The molecule has 6 heteroatoms. The van der Waals surface area contributed by atoms with E-state index in [2.05, 4.69) is 72.6 Å². The number of fused-ring (bicyclic) bond motifs is 1. The van der Waals surface area contributed by atoms with E-state index >= 15 is 0 Å². The number of likely N-dealkylation sites (N-methyl/N-ethyl adjacent to an activating group) is 2. The molecule has 1 aliphatic rings. The molecule has 0 radical (unpaired) electrons. The Kier molecular flexibility index (Phi) is 8.70. The number of benzene rings is 2. The van der Waals surface area contributed by atoms with E-state index in [-0.39, 0.29) is 36.2 Å². The van der Waals surface area contributed by atoms with Gasteiger partial charge in [-0.1, -0.05) is 48.0 Å². The van der Waals surface area contributed by atoms with E-state index in [0.717, 1.165) is 44.0 Å². The van der Waals surface area contributed by atoms with E-state index < -0.39 is 0 Å². The molecule has 6 nitrogen and oxygen atoms in total. The minimum absolute atomic E-state index is 0.0146. The number of carbonyl (C=O) groups is 2. The molecule has 2 aromatic carbocycles. The molecule has 198 valence electrons. The fourth-order valence-corrected chi connectivity index (χ4v) is 5.63. The molecule has 0 unspecified atom stereocenters. The summed E-state index contributed by atoms with van der Waals surface area (Å²) in [4.78, 5) is 32.7. The fourth-order valence-electron chi connectivity index (χ4n) is 5.63. The number of amides is 2. The van der Waals surface area contributed by atoms with E-state index in [1.165, 1.54) is 22.1 Å². The van der Waals surface area contributed by atoms with Crippen LogP contribution in [0.15, 0.2) is 54.7 Å². The first kappa shape index (κ1) is 26.9. The highest BCUT2D eigenvalue weighted by Gasteiger charge is 2.37. The zero-order valence-corrected chi connectivity index (χ0v) is 22.8. The number of nitrogens with one attached hydrogen (secondary N) is 2. The fraction of sp³-hybridized carbons (Fsp3) is 0.484. The van der Waals surface area contributed by atoms with E-state index in [1.807, 2.05) is 25.4 Å². The maximum absolute atomic E-state index is 12.7. The Morgan fingerprint density at radius 1 is 1.00 bits per heavy atom. The minimum Gasteiger partial charge on any atom is -0.361 e. The Labute approximate surface area is 221 Å². The van der Waals surface area contributed by atoms with Crippen LogP contribution in [-0.4, -0.2) is 65.9 Å². The lowest BCUT2D eigenvalue weighted by molar-refractivity contribution is -0.132. The Hall–Kier alpha value is -3.12. The van der Waals surface area contributed by atoms with E-state index in [0.29, 0.717) is 6.54 Å². The van der Waals surface area contributed by atoms with Crippen molar-refractivity contribution in [3.8, 4) is 0 Å². The number of para-hydroxylation sites is 1. The van der Waals surface area contributed by atoms with Crippen molar-refractivity contribution in [2.45, 2.75) is 69.9 Å². The number of hydrogen-bond donors (Lipinski definition) is 2. The van der Waals surface area contributed by atoms with Gasteiger partial charge in [-0.25, -0.2) is 0 Å². The summed E-state index contributed by atoms with van der Waals surface area (Å²) in [6, 6.07) is 17.2. The summed E-state index contributed by atoms with van der Waals surface area (Å²) in [7, 11) is 6.17. The maximum Gasteiger partial charge on any atom is 0.222 e. The predicted octanol–water partition coefficient (Wildman–Crippen LogP) is 4.86. The van der Waals surface area contributed by atoms with Crippen molar-refractivity contribution in [1.82, 2.24) is 20.1 Å². The van der Waals surface area contributed by atoms with Crippen molar-refractivity contribution in [1.29, 1.82) is 0 Å². The van der Waals surface area contributed by atoms with E-state index in [1.54, 1.807) is 4.90 Å². The van der Waals surface area contributed by atoms with Crippen LogP contribution in [0.25, 0.3) is 10.9 Å². The van der Waals surface area contributed by atoms with Gasteiger partial charge in [0, 0.05) is 55.1 Å². The molecule has 0 spiro atoms. The van der Waals surface area contributed by atoms with Crippen LogP contribution in [0.4, 0.5) is 0 Å². The summed E-state index contributed by atoms with van der Waals surface area (Å²) >= 11 is 0. The molecule has 1 aliphatic carbocycles. The SMILES string of the molecule is Cc1ccc(CC2(N(C)C)CCC(NC(=O)CCC(=O)N(C)CCc3c[nH]c4ccccc34)CC2)cc1. The Balaban J connectivity index is 1.20. The third-order valence-corrected chi connectivity index (χ3v) is 8.27. The number of hydrogen-bond acceptors (Lipinski definition) is 3. The van der Waals surface area contributed by atoms with Crippen LogP contribution in [0.5, 0.6) is 0 Å². The van der Waals surface area contributed by atoms with Gasteiger partial charge in [0.05, 0.1) is 0 Å². The zero-order chi connectivity index (χ0) is 26.4. The van der Waals surface area contributed by atoms with Crippen LogP contribution in [0.1, 0.15) is 55.2 Å². The van der Waals surface area contributed by atoms with Gasteiger partial charge in [0.15, 0.2) is 0 Å². The first-order chi connectivity index (χ1) is 17.8. The molecule has 1 fully saturated rings. The quantitative estimate of drug-likeness (QED) is 0.416. The van der Waals surface area contributed by atoms with Crippen LogP contribution in [-0.2, 0) is 22.4 Å². The molecule has 1 saturated carbocycles. The number of aromatic nitrogens is 1. The number of carbonyl (C=O) groups excluding carboxylic acids is 2. The minimum atomic E-state index is -0.0146. The summed E-state index contributed by atoms with van der Waals surface area (Å²) in [5.74, 6) is 0.00243. The average Bonchev–Trinajstić information content (AvgIpc) is 3.31. The number of H-pyrrole nitrogens is 1. The molecule has 4 rings (SSSR count). The van der Waals surface area contributed by atoms with Gasteiger partial charge in [-0.05, 0) is 76.7 Å². The molecule has 0 bridgehead atoms. The van der Waals surface area contributed by atoms with Gasteiger partial charge in [0.1, 0.15) is 0 Å². The first-order valence-corrected chi connectivity index (χ1v) is 13.6. The van der Waals surface area contributed by atoms with E-state index in [4.69, 9.17) is 0 Å². The van der Waals surface area contributed by atoms with Crippen molar-refractivity contribution in [2.75, 3.05) is 27.7 Å². The monoisotopic (exact) mass is 502 g/mol. The highest BCUT2D eigenvalue weighted by Crippen LogP contribution is 2.35. The lowest BCUT2D eigenvalue weighted by atomic mass is 9.74. The standard InChI is InChI=1S/C31H42N4O2/c1-23-9-11-24(12-10-23)21-31(34(2)3)18-15-26(16-19-31)33-29(36)13-14-30(37)35(4)20-17-25-22-32-28-8-6-5-7-27(25)28/h5-12,22,26,32H,13-21H2,1-4H3,(H,33,36). The smallest absolute Gasteiger partial charge is 0.222 e. The molecule has 1 aromatic heterocycles. The second-order valence-corrected chi connectivity index (χ2v) is 11.0. The number of nitrogens with zero attached hydrogens (tertiary/aromatic N) is 2. The van der Waals surface area contributed by atoms with Crippen LogP contribution >= 0.6 is 0 Å². The van der Waals surface area contributed by atoms with Gasteiger partial charge in [-0.15, -0.1) is 0 Å². The van der Waals surface area contributed by atoms with E-state index in [9.17, 15) is 9.59 Å². The first-order valence-electron chi connectivity index (χ1n) is 13.6. The van der Waals surface area contributed by atoms with Gasteiger partial charge in [0.2, 0.25) is 11.8 Å². The number of rotatable bonds is 10. The largest absolute Gasteiger partial charge is 0.361 e. The molecule has 0 aliphatic heterocycles. The summed E-state index contributed by atoms with van der Waals surface area (Å²) in [5, 5.41) is 4.40. The lowest BCUT2D eigenvalue weighted by Gasteiger charge is -2.45. The van der Waals surface area contributed by atoms with Crippen molar-refractivity contribution in [3.63, 3.8) is 0 Å². The highest BCUT2D eigenvalue weighted by molar-refractivity contribution is 5.84. The Bertz CT molecular complexity index is 1190. The zero-order valence-electron chi connectivity index (χ0n) is 22.8. The van der Waals surface area contributed by atoms with Gasteiger partial charge >= 0.3 is 0 Å². The van der Waals surface area contributed by atoms with Gasteiger partial charge in [-0.3, -0.25) is 9.59 Å². The van der Waals surface area contributed by atoms with Crippen LogP contribution in [0, 0.1) is 6.92 Å². The van der Waals surface area contributed by atoms with Crippen molar-refractivity contribution < 1.29 is 9.59 Å². The van der Waals surface area contributed by atoms with Crippen molar-refractivity contribution >= 4 is 22.7 Å². The number of aromatic amines is 1. The van der Waals surface area contributed by atoms with Crippen LogP contribution in [0.2, 0.25) is 0 Å². The van der Waals surface area contributed by atoms with Gasteiger partial charge in [-0.2, -0.15) is 0 Å². The van der Waals surface area contributed by atoms with Gasteiger partial charge in [0.25, 0.3) is 0 Å². The molecule has 0 saturated heterocycles. The second-order valence-electron chi connectivity index (χ2n) is 11.0. The maximum atomic E-state index is 12.7. The molecular formula is C31H42N4O2. The molecule has 2 amide bonds. The van der Waals surface area contributed by atoms with Crippen molar-refractivity contribution in [2.24, 2.45) is 0 Å². The van der Waals surface area contributed by atoms with Crippen LogP contribution < -0.4 is 5.32 Å². The lowest BCUT2D eigenvalue weighted by Crippen LogP contribution is -2.52. The third kappa shape index (κ3) is 6.80. The topological polar surface area (TPSA) is 68.4 Å².